The van der Waals surface area contributed by atoms with E-state index in [4.69, 9.17) is 0 Å². The zero-order valence-corrected chi connectivity index (χ0v) is 11.0. The van der Waals surface area contributed by atoms with Gasteiger partial charge in [0.15, 0.2) is 0 Å². The van der Waals surface area contributed by atoms with Crippen LogP contribution >= 0.6 is 0 Å². The third kappa shape index (κ3) is 4.30. The van der Waals surface area contributed by atoms with Gasteiger partial charge in [-0.05, 0) is 25.2 Å². The summed E-state index contributed by atoms with van der Waals surface area (Å²) >= 11 is 0. The van der Waals surface area contributed by atoms with E-state index in [1.165, 1.54) is 38.5 Å². The van der Waals surface area contributed by atoms with Gasteiger partial charge in [0.05, 0.1) is 0 Å². The second-order valence-electron chi connectivity index (χ2n) is 5.75. The fourth-order valence-corrected chi connectivity index (χ4v) is 2.76. The minimum absolute atomic E-state index is 0.264. The van der Waals surface area contributed by atoms with Gasteiger partial charge in [-0.3, -0.25) is 4.79 Å². The SMILES string of the molecule is C[C@H]1C[C@H]1C(=O)NCCNC1CCCCCC1. The number of carbonyl (C=O) groups is 1. The average Bonchev–Trinajstić information content (AvgIpc) is 3.08. The highest BCUT2D eigenvalue weighted by Crippen LogP contribution is 2.37. The van der Waals surface area contributed by atoms with Crippen LogP contribution < -0.4 is 10.6 Å². The van der Waals surface area contributed by atoms with Gasteiger partial charge in [-0.15, -0.1) is 0 Å². The summed E-state index contributed by atoms with van der Waals surface area (Å²) in [5.41, 5.74) is 0. The van der Waals surface area contributed by atoms with Crippen molar-refractivity contribution in [1.29, 1.82) is 0 Å². The summed E-state index contributed by atoms with van der Waals surface area (Å²) < 4.78 is 0. The molecule has 2 atom stereocenters. The van der Waals surface area contributed by atoms with Crippen molar-refractivity contribution >= 4 is 5.91 Å². The Hall–Kier alpha value is -0.570. The Kier molecular flexibility index (Phi) is 4.84. The Labute approximate surface area is 105 Å². The number of hydrogen-bond donors (Lipinski definition) is 2. The van der Waals surface area contributed by atoms with Gasteiger partial charge < -0.3 is 10.6 Å². The first-order valence-corrected chi connectivity index (χ1v) is 7.28. The molecule has 2 saturated carbocycles. The highest BCUT2D eigenvalue weighted by molar-refractivity contribution is 5.81. The van der Waals surface area contributed by atoms with E-state index in [0.29, 0.717) is 17.9 Å². The maximum atomic E-state index is 11.6. The largest absolute Gasteiger partial charge is 0.355 e. The van der Waals surface area contributed by atoms with Crippen LogP contribution in [0, 0.1) is 11.8 Å². The van der Waals surface area contributed by atoms with Crippen LogP contribution in [0.3, 0.4) is 0 Å². The molecule has 0 saturated heterocycles. The molecule has 3 heteroatoms. The fourth-order valence-electron chi connectivity index (χ4n) is 2.76. The number of rotatable bonds is 5. The minimum atomic E-state index is 0.264. The minimum Gasteiger partial charge on any atom is -0.355 e. The second kappa shape index (κ2) is 6.39. The molecule has 0 aromatic carbocycles. The Bertz CT molecular complexity index is 247. The molecule has 0 bridgehead atoms. The van der Waals surface area contributed by atoms with Crippen molar-refractivity contribution in [3.63, 3.8) is 0 Å². The number of hydrogen-bond acceptors (Lipinski definition) is 2. The Morgan fingerprint density at radius 2 is 1.76 bits per heavy atom. The molecule has 17 heavy (non-hydrogen) atoms. The Balaban J connectivity index is 1.51. The van der Waals surface area contributed by atoms with Crippen molar-refractivity contribution < 1.29 is 4.79 Å². The highest BCUT2D eigenvalue weighted by Gasteiger charge is 2.38. The summed E-state index contributed by atoms with van der Waals surface area (Å²) in [6, 6.07) is 0.689. The molecule has 2 fully saturated rings. The normalized spacial score (nSPS) is 29.7. The van der Waals surface area contributed by atoms with E-state index in [-0.39, 0.29) is 5.91 Å². The van der Waals surface area contributed by atoms with Gasteiger partial charge in [-0.1, -0.05) is 32.6 Å². The topological polar surface area (TPSA) is 41.1 Å². The predicted octanol–water partition coefficient (Wildman–Crippen LogP) is 2.07. The first kappa shape index (κ1) is 12.9. The molecule has 2 aliphatic carbocycles. The lowest BCUT2D eigenvalue weighted by atomic mass is 10.1. The van der Waals surface area contributed by atoms with Crippen molar-refractivity contribution in [3.05, 3.63) is 0 Å². The lowest BCUT2D eigenvalue weighted by Gasteiger charge is -2.16. The third-order valence-corrected chi connectivity index (χ3v) is 4.16. The van der Waals surface area contributed by atoms with E-state index >= 15 is 0 Å². The van der Waals surface area contributed by atoms with Crippen LogP contribution in [0.1, 0.15) is 51.9 Å². The summed E-state index contributed by atoms with van der Waals surface area (Å²) in [4.78, 5) is 11.6. The first-order valence-electron chi connectivity index (χ1n) is 7.28. The van der Waals surface area contributed by atoms with Crippen molar-refractivity contribution in [3.8, 4) is 0 Å². The van der Waals surface area contributed by atoms with Crippen molar-refractivity contribution in [2.75, 3.05) is 13.1 Å². The summed E-state index contributed by atoms with van der Waals surface area (Å²) in [6.45, 7) is 3.87. The fraction of sp³-hybridized carbons (Fsp3) is 0.929. The molecule has 0 spiro atoms. The maximum Gasteiger partial charge on any atom is 0.223 e. The maximum absolute atomic E-state index is 11.6. The van der Waals surface area contributed by atoms with E-state index < -0.39 is 0 Å². The molecule has 3 nitrogen and oxygen atoms in total. The van der Waals surface area contributed by atoms with Gasteiger partial charge in [-0.25, -0.2) is 0 Å². The van der Waals surface area contributed by atoms with Crippen LogP contribution in [0.25, 0.3) is 0 Å². The molecule has 98 valence electrons. The van der Waals surface area contributed by atoms with Crippen LogP contribution in [-0.4, -0.2) is 25.0 Å². The molecular formula is C14H26N2O. The van der Waals surface area contributed by atoms with E-state index in [2.05, 4.69) is 17.6 Å². The summed E-state index contributed by atoms with van der Waals surface area (Å²) in [5.74, 6) is 1.19. The molecule has 2 rings (SSSR count). The molecule has 0 aromatic heterocycles. The lowest BCUT2D eigenvalue weighted by molar-refractivity contribution is -0.122. The van der Waals surface area contributed by atoms with Crippen molar-refractivity contribution in [2.45, 2.75) is 57.9 Å². The van der Waals surface area contributed by atoms with E-state index in [1.807, 2.05) is 0 Å². The highest BCUT2D eigenvalue weighted by atomic mass is 16.2. The molecular weight excluding hydrogens is 212 g/mol. The first-order chi connectivity index (χ1) is 8.27. The molecule has 0 aromatic rings. The van der Waals surface area contributed by atoms with E-state index in [9.17, 15) is 4.79 Å². The van der Waals surface area contributed by atoms with Crippen LogP contribution in [0.15, 0.2) is 0 Å². The van der Waals surface area contributed by atoms with Crippen LogP contribution in [-0.2, 0) is 4.79 Å². The van der Waals surface area contributed by atoms with Gasteiger partial charge in [0, 0.05) is 25.0 Å². The van der Waals surface area contributed by atoms with Crippen molar-refractivity contribution in [2.24, 2.45) is 11.8 Å². The van der Waals surface area contributed by atoms with E-state index in [0.717, 1.165) is 19.5 Å². The number of amides is 1. The summed E-state index contributed by atoms with van der Waals surface area (Å²) in [6.07, 6.45) is 9.24. The summed E-state index contributed by atoms with van der Waals surface area (Å²) in [7, 11) is 0. The van der Waals surface area contributed by atoms with Crippen LogP contribution in [0.2, 0.25) is 0 Å². The van der Waals surface area contributed by atoms with Crippen molar-refractivity contribution in [1.82, 2.24) is 10.6 Å². The predicted molar refractivity (Wildman–Crippen MR) is 69.8 cm³/mol. The number of nitrogens with one attached hydrogen (secondary N) is 2. The van der Waals surface area contributed by atoms with Gasteiger partial charge in [0.1, 0.15) is 0 Å². The molecule has 2 aliphatic rings. The molecule has 0 radical (unpaired) electrons. The van der Waals surface area contributed by atoms with Gasteiger partial charge >= 0.3 is 0 Å². The molecule has 2 N–H and O–H groups in total. The van der Waals surface area contributed by atoms with E-state index in [1.54, 1.807) is 0 Å². The molecule has 0 aliphatic heterocycles. The Morgan fingerprint density at radius 3 is 2.35 bits per heavy atom. The van der Waals surface area contributed by atoms with Gasteiger partial charge in [-0.2, -0.15) is 0 Å². The molecule has 0 unspecified atom stereocenters. The number of carbonyl (C=O) groups excluding carboxylic acids is 1. The lowest BCUT2D eigenvalue weighted by Crippen LogP contribution is -2.37. The zero-order chi connectivity index (χ0) is 12.1. The monoisotopic (exact) mass is 238 g/mol. The quantitative estimate of drug-likeness (QED) is 0.569. The molecule has 0 heterocycles. The van der Waals surface area contributed by atoms with Crippen LogP contribution in [0.5, 0.6) is 0 Å². The standard InChI is InChI=1S/C14H26N2O/c1-11-10-13(11)14(17)16-9-8-15-12-6-4-2-3-5-7-12/h11-13,15H,2-10H2,1H3,(H,16,17)/t11-,13+/m0/s1. The average molecular weight is 238 g/mol. The molecule has 1 amide bonds. The Morgan fingerprint density at radius 1 is 1.12 bits per heavy atom. The second-order valence-corrected chi connectivity index (χ2v) is 5.75. The summed E-state index contributed by atoms with van der Waals surface area (Å²) in [5, 5.41) is 6.60. The zero-order valence-electron chi connectivity index (χ0n) is 11.0. The van der Waals surface area contributed by atoms with Gasteiger partial charge in [0.25, 0.3) is 0 Å². The van der Waals surface area contributed by atoms with Gasteiger partial charge in [0.2, 0.25) is 5.91 Å². The third-order valence-electron chi connectivity index (χ3n) is 4.16. The van der Waals surface area contributed by atoms with Crippen LogP contribution in [0.4, 0.5) is 0 Å². The smallest absolute Gasteiger partial charge is 0.223 e.